The molecule has 0 spiro atoms. The Bertz CT molecular complexity index is 1310. The van der Waals surface area contributed by atoms with Gasteiger partial charge in [0.1, 0.15) is 22.4 Å². The Morgan fingerprint density at radius 3 is 2.61 bits per heavy atom. The zero-order valence-electron chi connectivity index (χ0n) is 15.4. The molecule has 4 heterocycles. The summed E-state index contributed by atoms with van der Waals surface area (Å²) in [5.74, 6) is 0.424. The van der Waals surface area contributed by atoms with Crippen LogP contribution in [0.25, 0.3) is 28.6 Å². The van der Waals surface area contributed by atoms with Crippen LogP contribution in [0.5, 0.6) is 0 Å². The number of nitrogens with zero attached hydrogens (tertiary/aromatic N) is 8. The molecule has 0 saturated carbocycles. The van der Waals surface area contributed by atoms with E-state index in [1.807, 2.05) is 13.0 Å². The van der Waals surface area contributed by atoms with Crippen molar-refractivity contribution < 1.29 is 8.42 Å². The zero-order chi connectivity index (χ0) is 20.1. The minimum Gasteiger partial charge on any atom is -0.368 e. The predicted molar refractivity (Wildman–Crippen MR) is 101 cm³/mol. The first-order valence-corrected chi connectivity index (χ1v) is 10.0. The Hall–Kier alpha value is -3.41. The molecule has 144 valence electrons. The predicted octanol–water partition coefficient (Wildman–Crippen LogP) is 0.690. The fourth-order valence-electron chi connectivity index (χ4n) is 2.80. The van der Waals surface area contributed by atoms with Gasteiger partial charge in [0, 0.05) is 13.2 Å². The molecule has 0 bridgehead atoms. The molecule has 4 aromatic heterocycles. The van der Waals surface area contributed by atoms with Crippen molar-refractivity contribution in [3.05, 3.63) is 30.4 Å². The first-order chi connectivity index (χ1) is 13.3. The average Bonchev–Trinajstić information content (AvgIpc) is 3.24. The molecule has 12 heteroatoms. The van der Waals surface area contributed by atoms with E-state index in [1.165, 1.54) is 17.2 Å². The van der Waals surface area contributed by atoms with Crippen LogP contribution in [-0.2, 0) is 16.9 Å². The van der Waals surface area contributed by atoms with Gasteiger partial charge in [0.25, 0.3) is 5.95 Å². The van der Waals surface area contributed by atoms with Crippen molar-refractivity contribution in [1.82, 2.24) is 39.3 Å². The smallest absolute Gasteiger partial charge is 0.254 e. The summed E-state index contributed by atoms with van der Waals surface area (Å²) >= 11 is 0. The zero-order valence-corrected chi connectivity index (χ0v) is 16.2. The van der Waals surface area contributed by atoms with Crippen LogP contribution < -0.4 is 5.73 Å². The van der Waals surface area contributed by atoms with Crippen LogP contribution in [0.3, 0.4) is 0 Å². The van der Waals surface area contributed by atoms with E-state index in [-0.39, 0.29) is 28.2 Å². The standard InChI is InChI=1S/C16H17N9O2S/c1-4-28(26,27)11-7-19-16(25-15(17)20-8-21-25)23-12(11)14-22-10-5-9(2)6-18-13(10)24(14)3/h5-8H,4H2,1-3H3,(H2,17,20,21). The van der Waals surface area contributed by atoms with Gasteiger partial charge in [-0.25, -0.2) is 28.4 Å². The van der Waals surface area contributed by atoms with Crippen LogP contribution in [0.4, 0.5) is 5.95 Å². The van der Waals surface area contributed by atoms with Gasteiger partial charge in [0.2, 0.25) is 5.95 Å². The molecular formula is C16H17N9O2S. The molecule has 0 unspecified atom stereocenters. The summed E-state index contributed by atoms with van der Waals surface area (Å²) < 4.78 is 28.2. The summed E-state index contributed by atoms with van der Waals surface area (Å²) in [4.78, 5) is 21.3. The van der Waals surface area contributed by atoms with Crippen LogP contribution in [0.15, 0.2) is 29.7 Å². The van der Waals surface area contributed by atoms with E-state index in [0.717, 1.165) is 5.56 Å². The highest BCUT2D eigenvalue weighted by Crippen LogP contribution is 2.28. The maximum absolute atomic E-state index is 12.6. The van der Waals surface area contributed by atoms with Crippen molar-refractivity contribution in [2.75, 3.05) is 11.5 Å². The Kier molecular flexibility index (Phi) is 4.07. The largest absolute Gasteiger partial charge is 0.368 e. The summed E-state index contributed by atoms with van der Waals surface area (Å²) in [6.07, 6.45) is 4.23. The molecule has 0 aliphatic carbocycles. The van der Waals surface area contributed by atoms with Crippen molar-refractivity contribution in [1.29, 1.82) is 0 Å². The van der Waals surface area contributed by atoms with E-state index in [2.05, 4.69) is 30.0 Å². The van der Waals surface area contributed by atoms with Crippen LogP contribution in [0.1, 0.15) is 12.5 Å². The number of nitrogens with two attached hydrogens (primary N) is 1. The topological polar surface area (TPSA) is 147 Å². The number of fused-ring (bicyclic) bond motifs is 1. The molecule has 0 saturated heterocycles. The van der Waals surface area contributed by atoms with Gasteiger partial charge < -0.3 is 10.3 Å². The summed E-state index contributed by atoms with van der Waals surface area (Å²) in [5, 5.41) is 3.98. The number of imidazole rings is 1. The highest BCUT2D eigenvalue weighted by Gasteiger charge is 2.25. The van der Waals surface area contributed by atoms with E-state index in [0.29, 0.717) is 17.0 Å². The van der Waals surface area contributed by atoms with E-state index >= 15 is 0 Å². The Morgan fingerprint density at radius 1 is 1.14 bits per heavy atom. The van der Waals surface area contributed by atoms with Crippen LogP contribution in [0.2, 0.25) is 0 Å². The second kappa shape index (κ2) is 6.34. The van der Waals surface area contributed by atoms with Gasteiger partial charge in [-0.2, -0.15) is 14.8 Å². The molecule has 28 heavy (non-hydrogen) atoms. The number of sulfone groups is 1. The van der Waals surface area contributed by atoms with Gasteiger partial charge in [-0.05, 0) is 18.6 Å². The summed E-state index contributed by atoms with van der Waals surface area (Å²) in [7, 11) is -1.86. The van der Waals surface area contributed by atoms with Crippen LogP contribution in [0, 0.1) is 6.92 Å². The maximum Gasteiger partial charge on any atom is 0.254 e. The van der Waals surface area contributed by atoms with Gasteiger partial charge >= 0.3 is 0 Å². The molecule has 0 amide bonds. The highest BCUT2D eigenvalue weighted by molar-refractivity contribution is 7.91. The van der Waals surface area contributed by atoms with Crippen molar-refractivity contribution in [3.63, 3.8) is 0 Å². The number of aromatic nitrogens is 8. The molecule has 11 nitrogen and oxygen atoms in total. The van der Waals surface area contributed by atoms with Crippen molar-refractivity contribution in [3.8, 4) is 17.5 Å². The van der Waals surface area contributed by atoms with Gasteiger partial charge in [0.15, 0.2) is 21.3 Å². The molecule has 0 aromatic carbocycles. The third-order valence-electron chi connectivity index (χ3n) is 4.28. The first kappa shape index (κ1) is 18.0. The molecule has 0 fully saturated rings. The highest BCUT2D eigenvalue weighted by atomic mass is 32.2. The monoisotopic (exact) mass is 399 g/mol. The molecular weight excluding hydrogens is 382 g/mol. The molecule has 4 aromatic rings. The lowest BCUT2D eigenvalue weighted by Gasteiger charge is -2.10. The Labute approximate surface area is 160 Å². The van der Waals surface area contributed by atoms with Crippen molar-refractivity contribution in [2.24, 2.45) is 7.05 Å². The lowest BCUT2D eigenvalue weighted by molar-refractivity contribution is 0.596. The second-order valence-corrected chi connectivity index (χ2v) is 8.41. The van der Waals surface area contributed by atoms with E-state index in [9.17, 15) is 8.42 Å². The minimum atomic E-state index is -3.61. The normalized spacial score (nSPS) is 12.0. The number of anilines is 1. The third kappa shape index (κ3) is 2.78. The van der Waals surface area contributed by atoms with E-state index < -0.39 is 9.84 Å². The SMILES string of the molecule is CCS(=O)(=O)c1cnc(-n2ncnc2N)nc1-c1nc2cc(C)cnc2n1C. The first-order valence-electron chi connectivity index (χ1n) is 8.37. The molecule has 0 aliphatic heterocycles. The number of nitrogen functional groups attached to an aromatic ring is 1. The number of rotatable bonds is 4. The minimum absolute atomic E-state index is 0.0208. The molecule has 2 N–H and O–H groups in total. The van der Waals surface area contributed by atoms with Crippen molar-refractivity contribution in [2.45, 2.75) is 18.7 Å². The lowest BCUT2D eigenvalue weighted by atomic mass is 10.3. The summed E-state index contributed by atoms with van der Waals surface area (Å²) in [6, 6.07) is 1.87. The van der Waals surface area contributed by atoms with Gasteiger partial charge in [-0.15, -0.1) is 0 Å². The van der Waals surface area contributed by atoms with Gasteiger partial charge in [-0.1, -0.05) is 6.92 Å². The van der Waals surface area contributed by atoms with Gasteiger partial charge in [0.05, 0.1) is 11.9 Å². The Morgan fingerprint density at radius 2 is 1.93 bits per heavy atom. The second-order valence-electron chi connectivity index (χ2n) is 6.17. The van der Waals surface area contributed by atoms with E-state index in [1.54, 1.807) is 24.7 Å². The quantitative estimate of drug-likeness (QED) is 0.523. The summed E-state index contributed by atoms with van der Waals surface area (Å²) in [5.41, 5.74) is 8.12. The average molecular weight is 399 g/mol. The fourth-order valence-corrected chi connectivity index (χ4v) is 3.76. The fraction of sp³-hybridized carbons (Fsp3) is 0.250. The molecule has 0 radical (unpaired) electrons. The maximum atomic E-state index is 12.6. The van der Waals surface area contributed by atoms with Crippen LogP contribution >= 0.6 is 0 Å². The number of hydrogen-bond acceptors (Lipinski definition) is 9. The number of pyridine rings is 1. The third-order valence-corrected chi connectivity index (χ3v) is 6.01. The molecule has 0 aliphatic rings. The Balaban J connectivity index is 2.03. The lowest BCUT2D eigenvalue weighted by Crippen LogP contribution is -2.13. The summed E-state index contributed by atoms with van der Waals surface area (Å²) in [6.45, 7) is 3.46. The van der Waals surface area contributed by atoms with E-state index in [4.69, 9.17) is 5.73 Å². The van der Waals surface area contributed by atoms with Gasteiger partial charge in [-0.3, -0.25) is 0 Å². The van der Waals surface area contributed by atoms with Crippen molar-refractivity contribution >= 4 is 26.9 Å². The number of aryl methyl sites for hydroxylation is 2. The van der Waals surface area contributed by atoms with Crippen LogP contribution in [-0.4, -0.2) is 53.4 Å². The molecule has 0 atom stereocenters. The number of hydrogen-bond donors (Lipinski definition) is 1. The molecule has 4 rings (SSSR count).